The summed E-state index contributed by atoms with van der Waals surface area (Å²) in [6.07, 6.45) is 6.43. The molecule has 0 N–H and O–H groups in total. The van der Waals surface area contributed by atoms with E-state index in [0.29, 0.717) is 17.2 Å². The molecule has 0 unspecified atom stereocenters. The van der Waals surface area contributed by atoms with E-state index in [1.165, 1.54) is 6.07 Å². The van der Waals surface area contributed by atoms with Crippen molar-refractivity contribution in [2.24, 2.45) is 5.92 Å². The summed E-state index contributed by atoms with van der Waals surface area (Å²) in [5.74, 6) is 0.546. The molecule has 0 radical (unpaired) electrons. The highest BCUT2D eigenvalue weighted by molar-refractivity contribution is 5.95. The SMILES string of the molecule is CC1CCN(c2ccc(C(=O)N(C)C3CCCC3)cc2[N+](=O)[O-])CC1. The number of nitro benzene ring substituents is 1. The molecule has 0 spiro atoms. The standard InChI is InChI=1S/C19H27N3O3/c1-14-9-11-21(12-10-14)17-8-7-15(13-18(17)22(24)25)19(23)20(2)16-5-3-4-6-16/h7-8,13-14,16H,3-6,9-12H2,1-2H3. The van der Waals surface area contributed by atoms with Crippen molar-refractivity contribution in [1.29, 1.82) is 0 Å². The second-order valence-electron chi connectivity index (χ2n) is 7.48. The van der Waals surface area contributed by atoms with Gasteiger partial charge in [-0.05, 0) is 43.7 Å². The summed E-state index contributed by atoms with van der Waals surface area (Å²) in [6, 6.07) is 5.22. The maximum Gasteiger partial charge on any atom is 0.293 e. The lowest BCUT2D eigenvalue weighted by Gasteiger charge is -2.32. The number of carbonyl (C=O) groups excluding carboxylic acids is 1. The van der Waals surface area contributed by atoms with Gasteiger partial charge in [-0.1, -0.05) is 19.8 Å². The smallest absolute Gasteiger partial charge is 0.293 e. The lowest BCUT2D eigenvalue weighted by molar-refractivity contribution is -0.384. The molecule has 1 amide bonds. The van der Waals surface area contributed by atoms with Crippen molar-refractivity contribution in [2.75, 3.05) is 25.0 Å². The van der Waals surface area contributed by atoms with E-state index in [4.69, 9.17) is 0 Å². The lowest BCUT2D eigenvalue weighted by atomic mass is 9.98. The number of benzene rings is 1. The molecule has 2 aliphatic rings. The van der Waals surface area contributed by atoms with Crippen molar-refractivity contribution >= 4 is 17.3 Å². The minimum absolute atomic E-state index is 0.0419. The minimum atomic E-state index is -0.361. The first-order chi connectivity index (χ1) is 12.0. The predicted octanol–water partition coefficient (Wildman–Crippen LogP) is 3.85. The van der Waals surface area contributed by atoms with E-state index in [9.17, 15) is 14.9 Å². The van der Waals surface area contributed by atoms with Crippen LogP contribution in [0.5, 0.6) is 0 Å². The van der Waals surface area contributed by atoms with Crippen LogP contribution in [-0.4, -0.2) is 41.9 Å². The zero-order valence-corrected chi connectivity index (χ0v) is 15.1. The van der Waals surface area contributed by atoms with E-state index in [1.54, 1.807) is 17.0 Å². The molecular formula is C19H27N3O3. The second kappa shape index (κ2) is 7.42. The number of piperidine rings is 1. The molecule has 0 bridgehead atoms. The van der Waals surface area contributed by atoms with Gasteiger partial charge < -0.3 is 9.80 Å². The normalized spacial score (nSPS) is 19.2. The van der Waals surface area contributed by atoms with Crippen LogP contribution in [-0.2, 0) is 0 Å². The maximum atomic E-state index is 12.7. The Morgan fingerprint density at radius 1 is 1.20 bits per heavy atom. The Morgan fingerprint density at radius 3 is 2.44 bits per heavy atom. The van der Waals surface area contributed by atoms with E-state index in [1.807, 2.05) is 7.05 Å². The number of hydrogen-bond acceptors (Lipinski definition) is 4. The summed E-state index contributed by atoms with van der Waals surface area (Å²) in [4.78, 5) is 27.8. The Balaban J connectivity index is 1.83. The fraction of sp³-hybridized carbons (Fsp3) is 0.632. The summed E-state index contributed by atoms with van der Waals surface area (Å²) >= 11 is 0. The second-order valence-corrected chi connectivity index (χ2v) is 7.48. The van der Waals surface area contributed by atoms with E-state index >= 15 is 0 Å². The fourth-order valence-corrected chi connectivity index (χ4v) is 3.98. The quantitative estimate of drug-likeness (QED) is 0.614. The molecule has 1 aromatic carbocycles. The molecule has 25 heavy (non-hydrogen) atoms. The number of hydrogen-bond donors (Lipinski definition) is 0. The highest BCUT2D eigenvalue weighted by Gasteiger charge is 2.28. The monoisotopic (exact) mass is 345 g/mol. The molecule has 6 nitrogen and oxygen atoms in total. The average Bonchev–Trinajstić information content (AvgIpc) is 3.15. The van der Waals surface area contributed by atoms with Gasteiger partial charge in [0.2, 0.25) is 0 Å². The van der Waals surface area contributed by atoms with Crippen LogP contribution in [0.2, 0.25) is 0 Å². The van der Waals surface area contributed by atoms with E-state index in [0.717, 1.165) is 51.6 Å². The molecular weight excluding hydrogens is 318 g/mol. The molecule has 0 atom stereocenters. The molecule has 1 aromatic rings. The Kier molecular flexibility index (Phi) is 5.25. The Hall–Kier alpha value is -2.11. The van der Waals surface area contributed by atoms with Gasteiger partial charge in [-0.2, -0.15) is 0 Å². The highest BCUT2D eigenvalue weighted by atomic mass is 16.6. The van der Waals surface area contributed by atoms with Crippen molar-refractivity contribution < 1.29 is 9.72 Å². The third kappa shape index (κ3) is 3.78. The number of carbonyl (C=O) groups is 1. The van der Waals surface area contributed by atoms with Crippen LogP contribution in [0.25, 0.3) is 0 Å². The third-order valence-corrected chi connectivity index (χ3v) is 5.74. The van der Waals surface area contributed by atoms with E-state index < -0.39 is 0 Å². The van der Waals surface area contributed by atoms with Gasteiger partial charge in [0.25, 0.3) is 11.6 Å². The zero-order valence-electron chi connectivity index (χ0n) is 15.1. The lowest BCUT2D eigenvalue weighted by Crippen LogP contribution is -2.35. The van der Waals surface area contributed by atoms with Crippen LogP contribution in [0, 0.1) is 16.0 Å². The van der Waals surface area contributed by atoms with Gasteiger partial charge in [-0.3, -0.25) is 14.9 Å². The van der Waals surface area contributed by atoms with Crippen LogP contribution in [0.3, 0.4) is 0 Å². The van der Waals surface area contributed by atoms with Gasteiger partial charge in [0.1, 0.15) is 5.69 Å². The average molecular weight is 345 g/mol. The summed E-state index contributed by atoms with van der Waals surface area (Å²) < 4.78 is 0. The number of nitrogens with zero attached hydrogens (tertiary/aromatic N) is 3. The summed E-state index contributed by atoms with van der Waals surface area (Å²) in [5.41, 5.74) is 1.09. The van der Waals surface area contributed by atoms with Crippen LogP contribution in [0.4, 0.5) is 11.4 Å². The van der Waals surface area contributed by atoms with Crippen molar-refractivity contribution in [1.82, 2.24) is 4.90 Å². The van der Waals surface area contributed by atoms with Crippen molar-refractivity contribution in [3.63, 3.8) is 0 Å². The van der Waals surface area contributed by atoms with E-state index in [2.05, 4.69) is 11.8 Å². The van der Waals surface area contributed by atoms with Crippen molar-refractivity contribution in [3.8, 4) is 0 Å². The summed E-state index contributed by atoms with van der Waals surface area (Å²) in [6.45, 7) is 3.88. The molecule has 0 aromatic heterocycles. The largest absolute Gasteiger partial charge is 0.366 e. The van der Waals surface area contributed by atoms with Crippen molar-refractivity contribution in [3.05, 3.63) is 33.9 Å². The molecule has 2 fully saturated rings. The zero-order chi connectivity index (χ0) is 18.0. The maximum absolute atomic E-state index is 12.7. The summed E-state index contributed by atoms with van der Waals surface area (Å²) in [5, 5.41) is 11.6. The number of nitro groups is 1. The molecule has 1 saturated heterocycles. The van der Waals surface area contributed by atoms with Crippen molar-refractivity contribution in [2.45, 2.75) is 51.5 Å². The molecule has 1 aliphatic carbocycles. The molecule has 3 rings (SSSR count). The first kappa shape index (κ1) is 17.7. The van der Waals surface area contributed by atoms with Gasteiger partial charge in [0.15, 0.2) is 0 Å². The Labute approximate surface area is 148 Å². The molecule has 1 heterocycles. The molecule has 1 aliphatic heterocycles. The predicted molar refractivity (Wildman–Crippen MR) is 98.1 cm³/mol. The highest BCUT2D eigenvalue weighted by Crippen LogP contribution is 2.33. The third-order valence-electron chi connectivity index (χ3n) is 5.74. The van der Waals surface area contributed by atoms with Crippen LogP contribution in [0.1, 0.15) is 55.8 Å². The first-order valence-corrected chi connectivity index (χ1v) is 9.28. The summed E-state index contributed by atoms with van der Waals surface area (Å²) in [7, 11) is 1.81. The van der Waals surface area contributed by atoms with Gasteiger partial charge in [0, 0.05) is 37.8 Å². The van der Waals surface area contributed by atoms with Gasteiger partial charge in [-0.25, -0.2) is 0 Å². The molecule has 1 saturated carbocycles. The van der Waals surface area contributed by atoms with Crippen LogP contribution in [0.15, 0.2) is 18.2 Å². The number of amides is 1. The van der Waals surface area contributed by atoms with E-state index in [-0.39, 0.29) is 22.6 Å². The van der Waals surface area contributed by atoms with Gasteiger partial charge in [0.05, 0.1) is 4.92 Å². The molecule has 136 valence electrons. The Morgan fingerprint density at radius 2 is 1.84 bits per heavy atom. The fourth-order valence-electron chi connectivity index (χ4n) is 3.98. The topological polar surface area (TPSA) is 66.7 Å². The molecule has 6 heteroatoms. The Bertz CT molecular complexity index is 647. The van der Waals surface area contributed by atoms with Gasteiger partial charge in [-0.15, -0.1) is 0 Å². The number of anilines is 1. The van der Waals surface area contributed by atoms with Gasteiger partial charge >= 0.3 is 0 Å². The number of rotatable bonds is 4. The minimum Gasteiger partial charge on any atom is -0.366 e. The van der Waals surface area contributed by atoms with Crippen LogP contribution < -0.4 is 4.90 Å². The first-order valence-electron chi connectivity index (χ1n) is 9.28. The van der Waals surface area contributed by atoms with Crippen LogP contribution >= 0.6 is 0 Å².